The minimum atomic E-state index is -1.54. The predicted molar refractivity (Wildman–Crippen MR) is 100 cm³/mol. The summed E-state index contributed by atoms with van der Waals surface area (Å²) < 4.78 is 4.85. The number of aliphatic hydroxyl groups excluding tert-OH is 2. The molecule has 5 atom stereocenters. The highest BCUT2D eigenvalue weighted by molar-refractivity contribution is 5.60. The average Bonchev–Trinajstić information content (AvgIpc) is 2.92. The van der Waals surface area contributed by atoms with Crippen LogP contribution in [0.2, 0.25) is 0 Å². The number of rotatable bonds is 8. The van der Waals surface area contributed by atoms with E-state index in [1.54, 1.807) is 6.07 Å². The molecule has 2 aliphatic carbocycles. The highest BCUT2D eigenvalue weighted by atomic mass is 16.7. The predicted octanol–water partition coefficient (Wildman–Crippen LogP) is 2.84. The Morgan fingerprint density at radius 2 is 2.11 bits per heavy atom. The lowest BCUT2D eigenvalue weighted by Gasteiger charge is -2.33. The Labute approximate surface area is 161 Å². The van der Waals surface area contributed by atoms with E-state index in [0.717, 1.165) is 68.9 Å². The zero-order valence-electron chi connectivity index (χ0n) is 16.1. The number of unbranched alkanes of at least 4 members (excludes halogenated alkanes) is 2. The van der Waals surface area contributed by atoms with Crippen LogP contribution in [-0.4, -0.2) is 28.6 Å². The van der Waals surface area contributed by atoms with Crippen LogP contribution in [0.3, 0.4) is 0 Å². The molecule has 0 saturated heterocycles. The molecule has 27 heavy (non-hydrogen) atoms. The van der Waals surface area contributed by atoms with E-state index in [-0.39, 0.29) is 18.1 Å². The summed E-state index contributed by atoms with van der Waals surface area (Å²) in [4.78, 5) is 10.8. The highest BCUT2D eigenvalue weighted by Gasteiger charge is 2.44. The van der Waals surface area contributed by atoms with Crippen LogP contribution in [0.5, 0.6) is 5.75 Å². The number of hydrogen-bond donors (Lipinski definition) is 2. The molecule has 5 nitrogen and oxygen atoms in total. The third-order valence-electron chi connectivity index (χ3n) is 6.51. The van der Waals surface area contributed by atoms with Crippen molar-refractivity contribution in [3.05, 3.63) is 29.3 Å². The fourth-order valence-electron chi connectivity index (χ4n) is 5.15. The molecule has 2 aliphatic rings. The molecule has 3 rings (SSSR count). The molecule has 2 N–H and O–H groups in total. The minimum absolute atomic E-state index is 0.203. The van der Waals surface area contributed by atoms with Crippen molar-refractivity contribution in [3.63, 3.8) is 0 Å². The molecule has 5 heteroatoms. The smallest absolute Gasteiger partial charge is 0.257 e. The third-order valence-corrected chi connectivity index (χ3v) is 6.51. The maximum absolute atomic E-state index is 10.8. The number of ether oxygens (including phenoxy) is 1. The van der Waals surface area contributed by atoms with Crippen LogP contribution >= 0.6 is 0 Å². The zero-order chi connectivity index (χ0) is 19.4. The Morgan fingerprint density at radius 3 is 2.85 bits per heavy atom. The second-order valence-corrected chi connectivity index (χ2v) is 8.27. The Kier molecular flexibility index (Phi) is 6.77. The molecule has 0 bridgehead atoms. The molecule has 1 aromatic carbocycles. The Morgan fingerprint density at radius 1 is 1.30 bits per heavy atom. The monoisotopic (exact) mass is 375 g/mol. The van der Waals surface area contributed by atoms with Crippen LogP contribution in [0, 0.1) is 17.8 Å². The van der Waals surface area contributed by atoms with Gasteiger partial charge in [0.25, 0.3) is 6.16 Å². The van der Waals surface area contributed by atoms with Gasteiger partial charge in [0, 0.05) is 0 Å². The lowest BCUT2D eigenvalue weighted by Crippen LogP contribution is -2.30. The van der Waals surface area contributed by atoms with Gasteiger partial charge in [-0.2, -0.15) is 0 Å². The van der Waals surface area contributed by atoms with Crippen molar-refractivity contribution >= 4 is 6.16 Å². The Hall–Kier alpha value is -1.59. The number of hydrogen-bond acceptors (Lipinski definition) is 5. The van der Waals surface area contributed by atoms with Gasteiger partial charge in [0.15, 0.2) is 0 Å². The number of carbonyl (C=O) groups excluding carboxylic acids is 1. The van der Waals surface area contributed by atoms with Gasteiger partial charge in [0.2, 0.25) is 0 Å². The summed E-state index contributed by atoms with van der Waals surface area (Å²) in [5.74, 6) is 1.29. The number of carbonyl (C=O) groups is 1. The lowest BCUT2D eigenvalue weighted by molar-refractivity contribution is -0.271. The van der Waals surface area contributed by atoms with Crippen molar-refractivity contribution in [2.24, 2.45) is 17.8 Å². The summed E-state index contributed by atoms with van der Waals surface area (Å²) >= 11 is 0. The molecule has 0 spiro atoms. The van der Waals surface area contributed by atoms with Crippen molar-refractivity contribution in [2.75, 3.05) is 0 Å². The highest BCUT2D eigenvalue weighted by Crippen LogP contribution is 2.48. The van der Waals surface area contributed by atoms with Crippen molar-refractivity contribution < 1.29 is 24.9 Å². The molecule has 0 aliphatic heterocycles. The first-order chi connectivity index (χ1) is 13.0. The van der Waals surface area contributed by atoms with Crippen LogP contribution in [0.15, 0.2) is 18.2 Å². The summed E-state index contributed by atoms with van der Waals surface area (Å²) in [6.45, 7) is 2.16. The van der Waals surface area contributed by atoms with E-state index in [0.29, 0.717) is 17.6 Å². The van der Waals surface area contributed by atoms with E-state index in [1.807, 2.05) is 12.1 Å². The Bertz CT molecular complexity index is 644. The van der Waals surface area contributed by atoms with Gasteiger partial charge in [-0.15, -0.1) is 0 Å². The van der Waals surface area contributed by atoms with Gasteiger partial charge in [-0.05, 0) is 73.5 Å². The SMILES string of the molecule is CCCCC[C@H](O)CC[C@@H]1[C@H]2Cc3cccc(OC(=O)[O-])c3C[C@H]2C[C@H]1O. The molecule has 1 saturated carbocycles. The van der Waals surface area contributed by atoms with Crippen LogP contribution in [0.4, 0.5) is 4.79 Å². The molecule has 150 valence electrons. The molecule has 0 heterocycles. The van der Waals surface area contributed by atoms with Gasteiger partial charge >= 0.3 is 0 Å². The van der Waals surface area contributed by atoms with E-state index >= 15 is 0 Å². The fourth-order valence-corrected chi connectivity index (χ4v) is 5.15. The first-order valence-electron chi connectivity index (χ1n) is 10.3. The van der Waals surface area contributed by atoms with Crippen LogP contribution < -0.4 is 9.84 Å². The van der Waals surface area contributed by atoms with Gasteiger partial charge in [0.1, 0.15) is 0 Å². The van der Waals surface area contributed by atoms with Crippen LogP contribution in [-0.2, 0) is 12.8 Å². The van der Waals surface area contributed by atoms with Crippen molar-refractivity contribution in [3.8, 4) is 5.75 Å². The summed E-state index contributed by atoms with van der Waals surface area (Å²) in [5, 5.41) is 31.7. The fraction of sp³-hybridized carbons (Fsp3) is 0.682. The number of benzene rings is 1. The summed E-state index contributed by atoms with van der Waals surface area (Å²) in [5.41, 5.74) is 2.05. The normalized spacial score (nSPS) is 27.7. The van der Waals surface area contributed by atoms with Crippen LogP contribution in [0.1, 0.15) is 63.0 Å². The molecular formula is C22H31O5-. The van der Waals surface area contributed by atoms with E-state index < -0.39 is 6.16 Å². The van der Waals surface area contributed by atoms with Crippen molar-refractivity contribution in [2.45, 2.75) is 76.9 Å². The molecular weight excluding hydrogens is 344 g/mol. The van der Waals surface area contributed by atoms with Gasteiger partial charge in [0.05, 0.1) is 18.0 Å². The maximum atomic E-state index is 10.8. The Balaban J connectivity index is 1.64. The first kappa shape index (κ1) is 20.2. The maximum Gasteiger partial charge on any atom is 0.257 e. The van der Waals surface area contributed by atoms with Gasteiger partial charge in [-0.25, -0.2) is 0 Å². The number of aliphatic hydroxyl groups is 2. The molecule has 1 aromatic rings. The first-order valence-corrected chi connectivity index (χ1v) is 10.3. The number of carboxylic acid groups (broad SMARTS) is 1. The van der Waals surface area contributed by atoms with E-state index in [4.69, 9.17) is 4.74 Å². The van der Waals surface area contributed by atoms with Gasteiger partial charge < -0.3 is 24.9 Å². The lowest BCUT2D eigenvalue weighted by atomic mass is 9.73. The molecule has 0 amide bonds. The van der Waals surface area contributed by atoms with E-state index in [2.05, 4.69) is 6.92 Å². The van der Waals surface area contributed by atoms with Crippen molar-refractivity contribution in [1.29, 1.82) is 0 Å². The van der Waals surface area contributed by atoms with E-state index in [1.165, 1.54) is 0 Å². The zero-order valence-corrected chi connectivity index (χ0v) is 16.1. The average molecular weight is 375 g/mol. The molecule has 0 aromatic heterocycles. The summed E-state index contributed by atoms with van der Waals surface area (Å²) in [6, 6.07) is 5.51. The second kappa shape index (κ2) is 9.07. The summed E-state index contributed by atoms with van der Waals surface area (Å²) in [7, 11) is 0. The standard InChI is InChI=1S/C22H32O5/c1-2-3-4-7-16(23)9-10-17-18-11-14-6-5-8-21(27-22(25)26)19(14)12-15(18)13-20(17)24/h5-6,8,15-18,20,23-24H,2-4,7,9-13H2,1H3,(H,25,26)/p-1/t15-,16-,17+,18-,20+/m0/s1. The number of fused-ring (bicyclic) bond motifs is 2. The quantitative estimate of drug-likeness (QED) is 0.414. The molecule has 1 fully saturated rings. The largest absolute Gasteiger partial charge is 0.514 e. The van der Waals surface area contributed by atoms with Crippen molar-refractivity contribution in [1.82, 2.24) is 0 Å². The van der Waals surface area contributed by atoms with Crippen LogP contribution in [0.25, 0.3) is 0 Å². The summed E-state index contributed by atoms with van der Waals surface area (Å²) in [6.07, 6.45) is 5.95. The van der Waals surface area contributed by atoms with Gasteiger partial charge in [-0.1, -0.05) is 38.3 Å². The molecule has 0 radical (unpaired) electrons. The second-order valence-electron chi connectivity index (χ2n) is 8.27. The topological polar surface area (TPSA) is 89.8 Å². The van der Waals surface area contributed by atoms with Gasteiger partial charge in [-0.3, -0.25) is 0 Å². The van der Waals surface area contributed by atoms with E-state index in [9.17, 15) is 20.1 Å². The molecule has 0 unspecified atom stereocenters. The third kappa shape index (κ3) is 4.82. The minimum Gasteiger partial charge on any atom is -0.514 e.